The molecule has 18 heteroatoms. The number of halogens is 1. The maximum absolute atomic E-state index is 11.9. The lowest BCUT2D eigenvalue weighted by atomic mass is 10.0. The van der Waals surface area contributed by atoms with Crippen LogP contribution < -0.4 is 10.6 Å². The van der Waals surface area contributed by atoms with E-state index in [1.807, 2.05) is 21.9 Å². The average molecular weight is 1190 g/mol. The van der Waals surface area contributed by atoms with E-state index in [0.29, 0.717) is 43.7 Å². The van der Waals surface area contributed by atoms with Gasteiger partial charge < -0.3 is 45.0 Å². The predicted octanol–water partition coefficient (Wildman–Crippen LogP) is 5.90. The number of aliphatic hydroxyl groups excluding tert-OH is 2. The van der Waals surface area contributed by atoms with E-state index in [-0.39, 0.29) is 56.1 Å². The molecule has 11 rings (SSSR count). The first-order valence-corrected chi connectivity index (χ1v) is 32.0. The van der Waals surface area contributed by atoms with E-state index in [1.165, 1.54) is 35.1 Å². The van der Waals surface area contributed by atoms with E-state index in [4.69, 9.17) is 31.3 Å². The number of likely N-dealkylation sites (tertiary alicyclic amines) is 4. The molecule has 85 heavy (non-hydrogen) atoms. The first kappa shape index (κ1) is 67.4. The van der Waals surface area contributed by atoms with Gasteiger partial charge in [-0.3, -0.25) is 38.8 Å². The van der Waals surface area contributed by atoms with Gasteiger partial charge in [0.05, 0.1) is 26.4 Å². The molecule has 7 heterocycles. The van der Waals surface area contributed by atoms with Crippen LogP contribution in [0.5, 0.6) is 0 Å². The van der Waals surface area contributed by atoms with Crippen LogP contribution >= 0.6 is 11.6 Å². The summed E-state index contributed by atoms with van der Waals surface area (Å²) in [6.07, 6.45) is 10.1. The van der Waals surface area contributed by atoms with E-state index in [2.05, 4.69) is 139 Å². The summed E-state index contributed by atoms with van der Waals surface area (Å²) in [6, 6.07) is 43.8. The number of piperidine rings is 5. The van der Waals surface area contributed by atoms with Crippen LogP contribution in [0.4, 0.5) is 0 Å². The Morgan fingerprint density at radius 2 is 0.906 bits per heavy atom. The number of morpholine rings is 2. The fourth-order valence-corrected chi connectivity index (χ4v) is 12.5. The van der Waals surface area contributed by atoms with E-state index in [0.717, 1.165) is 163 Å². The third kappa shape index (κ3) is 24.5. The molecule has 7 saturated heterocycles. The molecule has 0 radical (unpaired) electrons. The quantitative estimate of drug-likeness (QED) is 0.0921. The summed E-state index contributed by atoms with van der Waals surface area (Å²) in [6.45, 7) is 19.2. The van der Waals surface area contributed by atoms with Gasteiger partial charge in [0.1, 0.15) is 24.9 Å². The molecular formula is C67H98ClN9O8. The number of nitrogens with zero attached hydrogens (tertiary/aromatic N) is 7. The summed E-state index contributed by atoms with van der Waals surface area (Å²) in [5, 5.41) is 24.6. The lowest BCUT2D eigenvalue weighted by molar-refractivity contribution is -0.147. The van der Waals surface area contributed by atoms with Crippen LogP contribution in [0.2, 0.25) is 0 Å². The lowest BCUT2D eigenvalue weighted by Gasteiger charge is -2.40. The van der Waals surface area contributed by atoms with Crippen LogP contribution in [-0.4, -0.2) is 229 Å². The number of rotatable bonds is 17. The molecule has 7 aliphatic rings. The minimum absolute atomic E-state index is 0.00708. The van der Waals surface area contributed by atoms with Crippen LogP contribution in [0.1, 0.15) is 86.5 Å². The number of Topliss-reactive ketones (excluding diaryl/α,β-unsaturated/α-hetero) is 1. The Labute approximate surface area is 511 Å². The predicted molar refractivity (Wildman–Crippen MR) is 336 cm³/mol. The van der Waals surface area contributed by atoms with Crippen LogP contribution in [0, 0.1) is 0 Å². The number of carbonyl (C=O) groups excluding carboxylic acids is 4. The molecule has 0 spiro atoms. The standard InChI is InChI=1S/C16H23ClN2O2.C16H22N2O2.C14H22N2O.C12H15NO.C9H16N2O2/c17-12-16(21)19(10-11-20)15-6-8-18(9-7-15)13-14-4-2-1-3-5-14;19-16-13-20-11-10-18(16)15-6-8-17(9-7-15)12-14-4-2-1-3-5-14;17-11-8-15-14-6-9-16(10-7-14)12-13-4-2-1-3-5-13;14-12-6-8-13(9-7-12)10-11-4-2-1-3-5-11;12-9-7-13-6-5-11(9)8-1-3-10-4-2-8/h1-5,15,20H,6-13H2;1-5,15H,6-13H2;1-5,14-15,17H,6-12H2;1-5H,6-10H2;8,10H,1-7H2. The number of hydrogen-bond acceptors (Lipinski definition) is 14. The van der Waals surface area contributed by atoms with Crippen molar-refractivity contribution >= 4 is 35.1 Å². The molecule has 17 nitrogen and oxygen atoms in total. The van der Waals surface area contributed by atoms with Crippen molar-refractivity contribution < 1.29 is 38.9 Å². The van der Waals surface area contributed by atoms with Gasteiger partial charge in [-0.1, -0.05) is 121 Å². The number of alkyl halides is 1. The fourth-order valence-electron chi connectivity index (χ4n) is 12.3. The molecule has 3 amide bonds. The molecule has 0 bridgehead atoms. The Balaban J connectivity index is 0.000000154. The van der Waals surface area contributed by atoms with Gasteiger partial charge in [0.2, 0.25) is 17.7 Å². The first-order chi connectivity index (χ1) is 41.7. The highest BCUT2D eigenvalue weighted by molar-refractivity contribution is 6.27. The van der Waals surface area contributed by atoms with E-state index in [1.54, 1.807) is 4.90 Å². The number of ether oxygens (including phenoxy) is 2. The summed E-state index contributed by atoms with van der Waals surface area (Å²) in [5.74, 6) is 0.655. The number of aliphatic hydroxyl groups is 2. The van der Waals surface area contributed by atoms with Crippen molar-refractivity contribution in [3.05, 3.63) is 144 Å². The van der Waals surface area contributed by atoms with Gasteiger partial charge in [0.25, 0.3) is 0 Å². The molecule has 4 N–H and O–H groups in total. The van der Waals surface area contributed by atoms with Crippen LogP contribution in [0.25, 0.3) is 0 Å². The third-order valence-corrected chi connectivity index (χ3v) is 17.3. The summed E-state index contributed by atoms with van der Waals surface area (Å²) >= 11 is 5.65. The highest BCUT2D eigenvalue weighted by atomic mass is 35.5. The Bertz CT molecular complexity index is 2450. The molecule has 466 valence electrons. The lowest BCUT2D eigenvalue weighted by Crippen LogP contribution is -2.51. The molecular weight excluding hydrogens is 1090 g/mol. The fraction of sp³-hybridized carbons (Fsp3) is 0.582. The van der Waals surface area contributed by atoms with Crippen LogP contribution in [0.15, 0.2) is 121 Å². The molecule has 4 aromatic carbocycles. The molecule has 0 aliphatic carbocycles. The average Bonchev–Trinajstić information content (AvgIpc) is 3.67. The smallest absolute Gasteiger partial charge is 0.248 e. The Morgan fingerprint density at radius 3 is 1.29 bits per heavy atom. The van der Waals surface area contributed by atoms with Gasteiger partial charge in [-0.05, 0) is 99.8 Å². The van der Waals surface area contributed by atoms with Gasteiger partial charge in [-0.2, -0.15) is 0 Å². The highest BCUT2D eigenvalue weighted by Gasteiger charge is 2.31. The number of benzene rings is 4. The van der Waals surface area contributed by atoms with Crippen molar-refractivity contribution in [1.29, 1.82) is 0 Å². The van der Waals surface area contributed by atoms with Gasteiger partial charge >= 0.3 is 0 Å². The molecule has 7 fully saturated rings. The summed E-state index contributed by atoms with van der Waals surface area (Å²) < 4.78 is 10.3. The minimum Gasteiger partial charge on any atom is -0.395 e. The summed E-state index contributed by atoms with van der Waals surface area (Å²) in [4.78, 5) is 61.7. The Kier molecular flexibility index (Phi) is 30.8. The van der Waals surface area contributed by atoms with Crippen molar-refractivity contribution in [3.8, 4) is 0 Å². The second kappa shape index (κ2) is 38.9. The van der Waals surface area contributed by atoms with Crippen LogP contribution in [0.3, 0.4) is 0 Å². The molecule has 0 saturated carbocycles. The monoisotopic (exact) mass is 1190 g/mol. The molecule has 4 aromatic rings. The second-order valence-corrected chi connectivity index (χ2v) is 23.5. The molecule has 0 unspecified atom stereocenters. The number of ketones is 1. The third-order valence-electron chi connectivity index (χ3n) is 17.1. The normalized spacial score (nSPS) is 20.2. The zero-order chi connectivity index (χ0) is 59.7. The Morgan fingerprint density at radius 1 is 0.518 bits per heavy atom. The van der Waals surface area contributed by atoms with Gasteiger partial charge in [0, 0.05) is 129 Å². The van der Waals surface area contributed by atoms with Gasteiger partial charge in [-0.15, -0.1) is 11.6 Å². The molecule has 7 aliphatic heterocycles. The Hall–Kier alpha value is -5.15. The summed E-state index contributed by atoms with van der Waals surface area (Å²) in [7, 11) is 0. The summed E-state index contributed by atoms with van der Waals surface area (Å²) in [5.41, 5.74) is 5.42. The van der Waals surface area contributed by atoms with E-state index < -0.39 is 0 Å². The van der Waals surface area contributed by atoms with Crippen molar-refractivity contribution in [1.82, 2.24) is 44.9 Å². The number of amides is 3. The zero-order valence-electron chi connectivity index (χ0n) is 50.5. The molecule has 0 atom stereocenters. The van der Waals surface area contributed by atoms with E-state index in [9.17, 15) is 19.2 Å². The maximum Gasteiger partial charge on any atom is 0.248 e. The van der Waals surface area contributed by atoms with Crippen molar-refractivity contribution in [2.45, 2.75) is 115 Å². The topological polar surface area (TPSA) is 174 Å². The van der Waals surface area contributed by atoms with Gasteiger partial charge in [0.15, 0.2) is 0 Å². The van der Waals surface area contributed by atoms with Gasteiger partial charge in [-0.25, -0.2) is 0 Å². The van der Waals surface area contributed by atoms with Crippen LogP contribution in [-0.2, 0) is 54.8 Å². The van der Waals surface area contributed by atoms with E-state index >= 15 is 0 Å². The largest absolute Gasteiger partial charge is 0.395 e. The maximum atomic E-state index is 11.9. The zero-order valence-corrected chi connectivity index (χ0v) is 51.2. The number of carbonyl (C=O) groups is 4. The number of hydrogen-bond donors (Lipinski definition) is 4. The van der Waals surface area contributed by atoms with Crippen molar-refractivity contribution in [3.63, 3.8) is 0 Å². The number of nitrogens with one attached hydrogen (secondary N) is 2. The minimum atomic E-state index is -0.0766. The second-order valence-electron chi connectivity index (χ2n) is 23.2. The first-order valence-electron chi connectivity index (χ1n) is 31.5. The SMILES string of the molecule is O=C(CCl)N(CCO)C1CCN(Cc2ccccc2)CC1.O=C1CCN(Cc2ccccc2)CC1.O=C1COCCN1C1CCN(Cc2ccccc2)CC1.O=C1COCCN1C1CCNCC1.OCCNC1CCN(Cc2ccccc2)CC1. The van der Waals surface area contributed by atoms with Crippen molar-refractivity contribution in [2.24, 2.45) is 0 Å². The molecule has 0 aromatic heterocycles. The highest BCUT2D eigenvalue weighted by Crippen LogP contribution is 2.22. The van der Waals surface area contributed by atoms with Crippen molar-refractivity contribution in [2.75, 3.05) is 137 Å².